The topological polar surface area (TPSA) is 136 Å². The second-order valence-corrected chi connectivity index (χ2v) is 9.36. The predicted molar refractivity (Wildman–Crippen MR) is 138 cm³/mol. The molecular weight excluding hydrogens is 472 g/mol. The zero-order chi connectivity index (χ0) is 26.5. The van der Waals surface area contributed by atoms with Crippen molar-refractivity contribution in [2.75, 3.05) is 0 Å². The third-order valence-electron chi connectivity index (χ3n) is 6.24. The Morgan fingerprint density at radius 1 is 1.05 bits per heavy atom. The first-order valence-corrected chi connectivity index (χ1v) is 12.3. The number of hydrogen-bond donors (Lipinski definition) is 2. The molecule has 0 amide bonds. The fraction of sp³-hybridized carbons (Fsp3) is 0.333. The maximum absolute atomic E-state index is 13.4. The lowest BCUT2D eigenvalue weighted by atomic mass is 9.98. The van der Waals surface area contributed by atoms with E-state index in [4.69, 9.17) is 0 Å². The van der Waals surface area contributed by atoms with Crippen LogP contribution in [0.3, 0.4) is 0 Å². The van der Waals surface area contributed by atoms with Crippen molar-refractivity contribution in [1.29, 1.82) is 0 Å². The van der Waals surface area contributed by atoms with Gasteiger partial charge in [-0.2, -0.15) is 5.21 Å². The summed E-state index contributed by atoms with van der Waals surface area (Å²) in [5.41, 5.74) is 3.03. The number of carbonyl (C=O) groups excluding carboxylic acids is 1. The van der Waals surface area contributed by atoms with Gasteiger partial charge in [-0.15, -0.1) is 10.2 Å². The summed E-state index contributed by atoms with van der Waals surface area (Å²) in [7, 11) is 0. The normalized spacial score (nSPS) is 11.2. The van der Waals surface area contributed by atoms with Gasteiger partial charge in [0, 0.05) is 12.0 Å². The maximum Gasteiger partial charge on any atom is 0.354 e. The van der Waals surface area contributed by atoms with Crippen LogP contribution >= 0.6 is 0 Å². The van der Waals surface area contributed by atoms with E-state index in [1.807, 2.05) is 69.3 Å². The molecule has 2 heterocycles. The Balaban J connectivity index is 1.73. The van der Waals surface area contributed by atoms with Gasteiger partial charge in [-0.3, -0.25) is 9.36 Å². The first-order valence-electron chi connectivity index (χ1n) is 12.3. The highest BCUT2D eigenvalue weighted by Crippen LogP contribution is 2.30. The van der Waals surface area contributed by atoms with E-state index in [9.17, 15) is 19.5 Å². The first kappa shape index (κ1) is 25.7. The Morgan fingerprint density at radius 2 is 1.76 bits per heavy atom. The standard InChI is InChI=1S/C27H30N6O4/c1-4-7-23(34)33-24(26(35)36)22(15-10-17(2)3)32(27(33)37)16-18-11-13-19(14-12-18)20-8-5-6-9-21(20)25-28-30-31-29-25/h5-6,8-9,11-14,17H,4,7,10,15-16H2,1-3H3,(H,35,36)(H,28,29,30,31). The van der Waals surface area contributed by atoms with Crippen LogP contribution in [0.5, 0.6) is 0 Å². The summed E-state index contributed by atoms with van der Waals surface area (Å²) >= 11 is 0. The predicted octanol–water partition coefficient (Wildman–Crippen LogP) is 4.27. The maximum atomic E-state index is 13.4. The van der Waals surface area contributed by atoms with Gasteiger partial charge in [-0.25, -0.2) is 14.2 Å². The number of benzene rings is 2. The summed E-state index contributed by atoms with van der Waals surface area (Å²) in [6.07, 6.45) is 1.69. The number of nitrogens with zero attached hydrogens (tertiary/aromatic N) is 5. The van der Waals surface area contributed by atoms with Crippen molar-refractivity contribution in [3.05, 3.63) is 76.0 Å². The number of aromatic carboxylic acids is 1. The van der Waals surface area contributed by atoms with E-state index in [1.165, 1.54) is 4.57 Å². The lowest BCUT2D eigenvalue weighted by Gasteiger charge is -2.11. The molecule has 10 heteroatoms. The van der Waals surface area contributed by atoms with E-state index < -0.39 is 17.6 Å². The van der Waals surface area contributed by atoms with Crippen molar-refractivity contribution >= 4 is 11.9 Å². The highest BCUT2D eigenvalue weighted by atomic mass is 16.4. The van der Waals surface area contributed by atoms with Crippen LogP contribution in [0.1, 0.15) is 66.6 Å². The molecule has 0 saturated heterocycles. The molecule has 0 aliphatic carbocycles. The first-order chi connectivity index (χ1) is 17.8. The number of H-pyrrole nitrogens is 1. The van der Waals surface area contributed by atoms with Crippen LogP contribution in [0.4, 0.5) is 0 Å². The van der Waals surface area contributed by atoms with Crippen molar-refractivity contribution in [2.45, 2.75) is 53.0 Å². The van der Waals surface area contributed by atoms with Gasteiger partial charge in [0.15, 0.2) is 5.69 Å². The second kappa shape index (κ2) is 11.2. The third-order valence-corrected chi connectivity index (χ3v) is 6.24. The Hall–Kier alpha value is -4.34. The molecule has 192 valence electrons. The molecule has 0 radical (unpaired) electrons. The van der Waals surface area contributed by atoms with Crippen molar-refractivity contribution < 1.29 is 14.7 Å². The van der Waals surface area contributed by atoms with Crippen LogP contribution in [0.2, 0.25) is 0 Å². The zero-order valence-corrected chi connectivity index (χ0v) is 21.1. The number of carbonyl (C=O) groups is 2. The Morgan fingerprint density at radius 3 is 2.35 bits per heavy atom. The summed E-state index contributed by atoms with van der Waals surface area (Å²) in [5.74, 6) is -0.978. The van der Waals surface area contributed by atoms with Crippen LogP contribution < -0.4 is 5.69 Å². The molecule has 2 N–H and O–H groups in total. The smallest absolute Gasteiger partial charge is 0.354 e. The lowest BCUT2D eigenvalue weighted by Crippen LogP contribution is -2.31. The van der Waals surface area contributed by atoms with Crippen LogP contribution in [0, 0.1) is 5.92 Å². The van der Waals surface area contributed by atoms with Crippen LogP contribution in [-0.2, 0) is 13.0 Å². The van der Waals surface area contributed by atoms with Crippen LogP contribution in [0.25, 0.3) is 22.5 Å². The summed E-state index contributed by atoms with van der Waals surface area (Å²) < 4.78 is 2.28. The van der Waals surface area contributed by atoms with Crippen molar-refractivity contribution in [3.63, 3.8) is 0 Å². The van der Waals surface area contributed by atoms with E-state index in [0.717, 1.165) is 26.8 Å². The minimum absolute atomic E-state index is 0.0995. The van der Waals surface area contributed by atoms with Gasteiger partial charge >= 0.3 is 11.7 Å². The molecule has 0 saturated carbocycles. The summed E-state index contributed by atoms with van der Waals surface area (Å²) in [5, 5.41) is 24.2. The van der Waals surface area contributed by atoms with Gasteiger partial charge < -0.3 is 5.11 Å². The summed E-state index contributed by atoms with van der Waals surface area (Å²) in [4.78, 5) is 38.3. The van der Waals surface area contributed by atoms with Gasteiger partial charge in [0.05, 0.1) is 12.2 Å². The molecule has 2 aromatic heterocycles. The van der Waals surface area contributed by atoms with E-state index in [0.29, 0.717) is 36.7 Å². The number of aromatic nitrogens is 6. The Bertz CT molecular complexity index is 1450. The largest absolute Gasteiger partial charge is 0.477 e. The van der Waals surface area contributed by atoms with E-state index >= 15 is 0 Å². The molecule has 0 spiro atoms. The van der Waals surface area contributed by atoms with Gasteiger partial charge in [0.1, 0.15) is 0 Å². The third kappa shape index (κ3) is 5.42. The number of hydrogen-bond acceptors (Lipinski definition) is 6. The molecule has 10 nitrogen and oxygen atoms in total. The molecule has 0 bridgehead atoms. The van der Waals surface area contributed by atoms with Crippen LogP contribution in [-0.4, -0.2) is 46.7 Å². The van der Waals surface area contributed by atoms with Gasteiger partial charge in [-0.1, -0.05) is 69.3 Å². The second-order valence-electron chi connectivity index (χ2n) is 9.36. The fourth-order valence-corrected chi connectivity index (χ4v) is 4.38. The number of carboxylic acids is 1. The number of imidazole rings is 1. The summed E-state index contributed by atoms with van der Waals surface area (Å²) in [6.45, 7) is 6.05. The molecular formula is C27H30N6O4. The van der Waals surface area contributed by atoms with Crippen LogP contribution in [0.15, 0.2) is 53.3 Å². The van der Waals surface area contributed by atoms with E-state index in [2.05, 4.69) is 20.6 Å². The molecule has 4 aromatic rings. The molecule has 2 aromatic carbocycles. The van der Waals surface area contributed by atoms with E-state index in [1.54, 1.807) is 0 Å². The molecule has 0 fully saturated rings. The van der Waals surface area contributed by atoms with Crippen molar-refractivity contribution in [1.82, 2.24) is 29.8 Å². The highest BCUT2D eigenvalue weighted by Gasteiger charge is 2.28. The SMILES string of the molecule is CCCC(=O)n1c(C(=O)O)c(CCC(C)C)n(Cc2ccc(-c3ccccc3-c3nn[nH]n3)cc2)c1=O. The number of nitrogens with one attached hydrogen (secondary N) is 1. The molecule has 4 rings (SSSR count). The average molecular weight is 503 g/mol. The molecule has 0 atom stereocenters. The lowest BCUT2D eigenvalue weighted by molar-refractivity contribution is 0.0670. The Kier molecular flexibility index (Phi) is 7.76. The molecule has 0 aliphatic rings. The number of carboxylic acid groups (broad SMARTS) is 1. The molecule has 37 heavy (non-hydrogen) atoms. The van der Waals surface area contributed by atoms with Crippen molar-refractivity contribution in [2.24, 2.45) is 5.92 Å². The minimum Gasteiger partial charge on any atom is -0.477 e. The number of rotatable bonds is 10. The van der Waals surface area contributed by atoms with Gasteiger partial charge in [0.2, 0.25) is 11.7 Å². The summed E-state index contributed by atoms with van der Waals surface area (Å²) in [6, 6.07) is 15.4. The molecule has 0 aliphatic heterocycles. The quantitative estimate of drug-likeness (QED) is 0.330. The van der Waals surface area contributed by atoms with Gasteiger partial charge in [0.25, 0.3) is 0 Å². The van der Waals surface area contributed by atoms with Gasteiger partial charge in [-0.05, 0) is 47.1 Å². The average Bonchev–Trinajstić information content (AvgIpc) is 3.51. The minimum atomic E-state index is -1.27. The highest BCUT2D eigenvalue weighted by molar-refractivity contribution is 5.93. The van der Waals surface area contributed by atoms with E-state index in [-0.39, 0.29) is 18.7 Å². The zero-order valence-electron chi connectivity index (χ0n) is 21.1. The fourth-order valence-electron chi connectivity index (χ4n) is 4.38. The molecule has 0 unspecified atom stereocenters. The number of tetrazole rings is 1. The van der Waals surface area contributed by atoms with Crippen molar-refractivity contribution in [3.8, 4) is 22.5 Å². The number of aromatic amines is 1. The monoisotopic (exact) mass is 502 g/mol. The Labute approximate surface area is 214 Å².